The fourth-order valence-electron chi connectivity index (χ4n) is 1.67. The summed E-state index contributed by atoms with van der Waals surface area (Å²) < 4.78 is 0.561. The molecule has 0 heterocycles. The van der Waals surface area contributed by atoms with Crippen LogP contribution >= 0.6 is 15.9 Å². The number of hydrogen-bond donors (Lipinski definition) is 3. The lowest BCUT2D eigenvalue weighted by Gasteiger charge is -2.11. The van der Waals surface area contributed by atoms with Gasteiger partial charge in [-0.25, -0.2) is 4.79 Å². The Balaban J connectivity index is 2.60. The summed E-state index contributed by atoms with van der Waals surface area (Å²) in [6, 6.07) is 5.17. The number of rotatable bonds is 7. The second-order valence-electron chi connectivity index (χ2n) is 4.73. The minimum absolute atomic E-state index is 0.0769. The number of amides is 1. The highest BCUT2D eigenvalue weighted by atomic mass is 79.9. The molecule has 0 saturated heterocycles. The molecular weight excluding hydrogens is 324 g/mol. The van der Waals surface area contributed by atoms with Crippen molar-refractivity contribution in [3.63, 3.8) is 0 Å². The lowest BCUT2D eigenvalue weighted by atomic mass is 10.1. The molecule has 110 valence electrons. The van der Waals surface area contributed by atoms with Crippen LogP contribution in [0.2, 0.25) is 0 Å². The first-order valence-electron chi connectivity index (χ1n) is 6.47. The van der Waals surface area contributed by atoms with E-state index in [1.165, 1.54) is 6.07 Å². The Bertz CT molecular complexity index is 489. The first-order valence-corrected chi connectivity index (χ1v) is 7.26. The van der Waals surface area contributed by atoms with E-state index >= 15 is 0 Å². The first kappa shape index (κ1) is 16.7. The van der Waals surface area contributed by atoms with Crippen LogP contribution in [0.3, 0.4) is 0 Å². The van der Waals surface area contributed by atoms with Crippen molar-refractivity contribution in [2.75, 3.05) is 11.9 Å². The van der Waals surface area contributed by atoms with E-state index in [0.717, 1.165) is 6.54 Å². The number of benzene rings is 1. The number of aromatic carboxylic acids is 1. The molecule has 1 rings (SSSR count). The Morgan fingerprint density at radius 3 is 2.65 bits per heavy atom. The van der Waals surface area contributed by atoms with E-state index in [1.54, 1.807) is 12.1 Å². The van der Waals surface area contributed by atoms with Gasteiger partial charge in [0.2, 0.25) is 5.91 Å². The van der Waals surface area contributed by atoms with E-state index in [2.05, 4.69) is 26.6 Å². The minimum Gasteiger partial charge on any atom is -0.478 e. The highest BCUT2D eigenvalue weighted by Crippen LogP contribution is 2.26. The van der Waals surface area contributed by atoms with Crippen LogP contribution < -0.4 is 10.6 Å². The van der Waals surface area contributed by atoms with Crippen molar-refractivity contribution in [3.8, 4) is 0 Å². The summed E-state index contributed by atoms with van der Waals surface area (Å²) in [5.74, 6) is -1.26. The number of para-hydroxylation sites is 1. The van der Waals surface area contributed by atoms with Crippen molar-refractivity contribution in [1.29, 1.82) is 0 Å². The smallest absolute Gasteiger partial charge is 0.337 e. The molecular formula is C14H19BrN2O3. The fraction of sp³-hybridized carbons (Fsp3) is 0.429. The van der Waals surface area contributed by atoms with Crippen LogP contribution in [0.15, 0.2) is 22.7 Å². The van der Waals surface area contributed by atoms with Crippen molar-refractivity contribution in [2.45, 2.75) is 32.7 Å². The third-order valence-corrected chi connectivity index (χ3v) is 3.30. The van der Waals surface area contributed by atoms with Gasteiger partial charge in [-0.05, 0) is 41.0 Å². The molecule has 0 unspecified atom stereocenters. The number of nitrogens with one attached hydrogen (secondary N) is 2. The van der Waals surface area contributed by atoms with E-state index in [9.17, 15) is 9.59 Å². The van der Waals surface area contributed by atoms with Crippen LogP contribution in [0.25, 0.3) is 0 Å². The molecule has 1 aromatic rings. The molecule has 0 aromatic heterocycles. The highest BCUT2D eigenvalue weighted by molar-refractivity contribution is 9.10. The molecule has 0 spiro atoms. The van der Waals surface area contributed by atoms with Crippen molar-refractivity contribution >= 4 is 33.5 Å². The molecule has 0 bridgehead atoms. The van der Waals surface area contributed by atoms with E-state index in [0.29, 0.717) is 29.0 Å². The van der Waals surface area contributed by atoms with Crippen LogP contribution in [0.5, 0.6) is 0 Å². The molecule has 0 atom stereocenters. The van der Waals surface area contributed by atoms with Crippen LogP contribution in [-0.4, -0.2) is 29.6 Å². The highest BCUT2D eigenvalue weighted by Gasteiger charge is 2.14. The molecule has 0 aliphatic heterocycles. The van der Waals surface area contributed by atoms with E-state index in [4.69, 9.17) is 5.11 Å². The Morgan fingerprint density at radius 2 is 2.05 bits per heavy atom. The monoisotopic (exact) mass is 342 g/mol. The second kappa shape index (κ2) is 8.01. The third-order valence-electron chi connectivity index (χ3n) is 2.64. The number of carbonyl (C=O) groups is 2. The van der Waals surface area contributed by atoms with Crippen LogP contribution in [-0.2, 0) is 4.79 Å². The zero-order valence-electron chi connectivity index (χ0n) is 11.6. The van der Waals surface area contributed by atoms with Crippen molar-refractivity contribution in [1.82, 2.24) is 5.32 Å². The maximum Gasteiger partial charge on any atom is 0.337 e. The molecule has 6 heteroatoms. The minimum atomic E-state index is -1.07. The van der Waals surface area contributed by atoms with Gasteiger partial charge in [-0.3, -0.25) is 4.79 Å². The third kappa shape index (κ3) is 5.30. The molecule has 1 aromatic carbocycles. The number of anilines is 1. The Morgan fingerprint density at radius 1 is 1.35 bits per heavy atom. The predicted octanol–water partition coefficient (Wildman–Crippen LogP) is 2.86. The topological polar surface area (TPSA) is 78.4 Å². The lowest BCUT2D eigenvalue weighted by Crippen LogP contribution is -2.25. The number of carboxylic acids is 1. The molecule has 0 saturated carbocycles. The largest absolute Gasteiger partial charge is 0.478 e. The number of hydrogen-bond acceptors (Lipinski definition) is 3. The van der Waals surface area contributed by atoms with Gasteiger partial charge < -0.3 is 15.7 Å². The fourth-order valence-corrected chi connectivity index (χ4v) is 2.14. The van der Waals surface area contributed by atoms with Crippen molar-refractivity contribution in [3.05, 3.63) is 28.2 Å². The maximum atomic E-state index is 11.8. The van der Waals surface area contributed by atoms with Gasteiger partial charge in [0.05, 0.1) is 11.3 Å². The van der Waals surface area contributed by atoms with Crippen LogP contribution in [0.1, 0.15) is 37.0 Å². The molecule has 3 N–H and O–H groups in total. The summed E-state index contributed by atoms with van der Waals surface area (Å²) in [5, 5.41) is 15.0. The van der Waals surface area contributed by atoms with Crippen LogP contribution in [0.4, 0.5) is 5.69 Å². The standard InChI is InChI=1S/C14H19BrN2O3/c1-9(2)16-8-4-7-12(18)17-13-10(14(19)20)5-3-6-11(13)15/h3,5-6,9,16H,4,7-8H2,1-2H3,(H,17,18)(H,19,20). The van der Waals surface area contributed by atoms with Gasteiger partial charge in [-0.15, -0.1) is 0 Å². The van der Waals surface area contributed by atoms with E-state index in [-0.39, 0.29) is 11.5 Å². The zero-order valence-corrected chi connectivity index (χ0v) is 13.2. The van der Waals surface area contributed by atoms with Crippen LogP contribution in [0, 0.1) is 0 Å². The van der Waals surface area contributed by atoms with E-state index < -0.39 is 5.97 Å². The Labute approximate surface area is 126 Å². The van der Waals surface area contributed by atoms with Gasteiger partial charge in [0.15, 0.2) is 0 Å². The summed E-state index contributed by atoms with van der Waals surface area (Å²) in [5.41, 5.74) is 0.384. The number of carbonyl (C=O) groups excluding carboxylic acids is 1. The molecule has 20 heavy (non-hydrogen) atoms. The summed E-state index contributed by atoms with van der Waals surface area (Å²) in [4.78, 5) is 22.9. The summed E-state index contributed by atoms with van der Waals surface area (Å²) in [6.45, 7) is 4.84. The average Bonchev–Trinajstić information content (AvgIpc) is 2.36. The second-order valence-corrected chi connectivity index (χ2v) is 5.58. The van der Waals surface area contributed by atoms with Crippen molar-refractivity contribution < 1.29 is 14.7 Å². The Kier molecular flexibility index (Phi) is 6.67. The van der Waals surface area contributed by atoms with Gasteiger partial charge in [0, 0.05) is 16.9 Å². The SMILES string of the molecule is CC(C)NCCCC(=O)Nc1c(Br)cccc1C(=O)O. The van der Waals surface area contributed by atoms with E-state index in [1.807, 2.05) is 13.8 Å². The molecule has 0 fully saturated rings. The quantitative estimate of drug-likeness (QED) is 0.665. The predicted molar refractivity (Wildman–Crippen MR) is 82.1 cm³/mol. The molecule has 0 aliphatic rings. The Hall–Kier alpha value is -1.40. The average molecular weight is 343 g/mol. The van der Waals surface area contributed by atoms with Gasteiger partial charge in [-0.1, -0.05) is 19.9 Å². The number of carboxylic acid groups (broad SMARTS) is 1. The normalized spacial score (nSPS) is 10.6. The van der Waals surface area contributed by atoms with Gasteiger partial charge in [0.25, 0.3) is 0 Å². The zero-order chi connectivity index (χ0) is 15.1. The first-order chi connectivity index (χ1) is 9.41. The van der Waals surface area contributed by atoms with Gasteiger partial charge in [0.1, 0.15) is 0 Å². The summed E-state index contributed by atoms with van der Waals surface area (Å²) in [7, 11) is 0. The maximum absolute atomic E-state index is 11.8. The van der Waals surface area contributed by atoms with Crippen molar-refractivity contribution in [2.24, 2.45) is 0 Å². The number of halogens is 1. The summed E-state index contributed by atoms with van der Waals surface area (Å²) >= 11 is 3.25. The van der Waals surface area contributed by atoms with Gasteiger partial charge in [-0.2, -0.15) is 0 Å². The summed E-state index contributed by atoms with van der Waals surface area (Å²) in [6.07, 6.45) is 1.05. The molecule has 5 nitrogen and oxygen atoms in total. The van der Waals surface area contributed by atoms with Gasteiger partial charge >= 0.3 is 5.97 Å². The molecule has 0 radical (unpaired) electrons. The molecule has 0 aliphatic carbocycles. The lowest BCUT2D eigenvalue weighted by molar-refractivity contribution is -0.116. The molecule has 1 amide bonds.